The normalized spacial score (nSPS) is 15.5. The summed E-state index contributed by atoms with van der Waals surface area (Å²) < 4.78 is 0.988. The highest BCUT2D eigenvalue weighted by molar-refractivity contribution is 9.10. The van der Waals surface area contributed by atoms with E-state index >= 15 is 0 Å². The van der Waals surface area contributed by atoms with E-state index in [0.717, 1.165) is 17.3 Å². The molecule has 1 aliphatic carbocycles. The SMILES string of the molecule is O=C(NC1CC=CC1)c1ccc(Br)cc1. The van der Waals surface area contributed by atoms with Gasteiger partial charge in [-0.2, -0.15) is 0 Å². The van der Waals surface area contributed by atoms with Crippen LogP contribution in [-0.2, 0) is 0 Å². The van der Waals surface area contributed by atoms with Crippen molar-refractivity contribution < 1.29 is 4.79 Å². The van der Waals surface area contributed by atoms with Crippen LogP contribution in [-0.4, -0.2) is 11.9 Å². The first-order chi connectivity index (χ1) is 7.25. The molecular weight excluding hydrogens is 254 g/mol. The van der Waals surface area contributed by atoms with Crippen molar-refractivity contribution in [2.45, 2.75) is 18.9 Å². The average molecular weight is 266 g/mol. The predicted molar refractivity (Wildman–Crippen MR) is 63.8 cm³/mol. The molecule has 1 aromatic carbocycles. The highest BCUT2D eigenvalue weighted by atomic mass is 79.9. The zero-order chi connectivity index (χ0) is 10.7. The Morgan fingerprint density at radius 3 is 2.40 bits per heavy atom. The molecule has 2 nitrogen and oxygen atoms in total. The molecule has 0 saturated heterocycles. The third kappa shape index (κ3) is 2.69. The van der Waals surface area contributed by atoms with Crippen LogP contribution in [0.15, 0.2) is 40.9 Å². The lowest BCUT2D eigenvalue weighted by Crippen LogP contribution is -2.32. The van der Waals surface area contributed by atoms with Crippen molar-refractivity contribution in [1.82, 2.24) is 5.32 Å². The van der Waals surface area contributed by atoms with Gasteiger partial charge >= 0.3 is 0 Å². The third-order valence-electron chi connectivity index (χ3n) is 2.45. The number of hydrogen-bond acceptors (Lipinski definition) is 1. The van der Waals surface area contributed by atoms with Crippen molar-refractivity contribution in [2.24, 2.45) is 0 Å². The van der Waals surface area contributed by atoms with Gasteiger partial charge in [-0.1, -0.05) is 28.1 Å². The van der Waals surface area contributed by atoms with E-state index in [-0.39, 0.29) is 11.9 Å². The first kappa shape index (κ1) is 10.4. The van der Waals surface area contributed by atoms with Crippen molar-refractivity contribution in [3.05, 3.63) is 46.5 Å². The van der Waals surface area contributed by atoms with Gasteiger partial charge in [0.05, 0.1) is 0 Å². The molecule has 0 unspecified atom stereocenters. The maximum absolute atomic E-state index is 11.8. The second-order valence-corrected chi connectivity index (χ2v) is 4.54. The van der Waals surface area contributed by atoms with Gasteiger partial charge < -0.3 is 5.32 Å². The average Bonchev–Trinajstić information content (AvgIpc) is 2.71. The molecule has 0 saturated carbocycles. The van der Waals surface area contributed by atoms with Crippen molar-refractivity contribution in [1.29, 1.82) is 0 Å². The first-order valence-electron chi connectivity index (χ1n) is 4.97. The monoisotopic (exact) mass is 265 g/mol. The fourth-order valence-electron chi connectivity index (χ4n) is 1.61. The summed E-state index contributed by atoms with van der Waals surface area (Å²) in [6.45, 7) is 0. The van der Waals surface area contributed by atoms with Gasteiger partial charge in [0, 0.05) is 16.1 Å². The molecule has 0 heterocycles. The summed E-state index contributed by atoms with van der Waals surface area (Å²) in [5.41, 5.74) is 0.713. The Bertz CT molecular complexity index is 375. The molecular formula is C12H12BrNO. The summed E-state index contributed by atoms with van der Waals surface area (Å²) in [5, 5.41) is 3.00. The third-order valence-corrected chi connectivity index (χ3v) is 2.98. The number of carbonyl (C=O) groups excluding carboxylic acids is 1. The van der Waals surface area contributed by atoms with Gasteiger partial charge in [0.15, 0.2) is 0 Å². The molecule has 1 N–H and O–H groups in total. The smallest absolute Gasteiger partial charge is 0.251 e. The summed E-state index contributed by atoms with van der Waals surface area (Å²) in [4.78, 5) is 11.8. The minimum absolute atomic E-state index is 0.0104. The van der Waals surface area contributed by atoms with E-state index in [1.54, 1.807) is 0 Å². The summed E-state index contributed by atoms with van der Waals surface area (Å²) in [7, 11) is 0. The molecule has 0 atom stereocenters. The molecule has 15 heavy (non-hydrogen) atoms. The molecule has 0 radical (unpaired) electrons. The molecule has 0 fully saturated rings. The van der Waals surface area contributed by atoms with Crippen molar-refractivity contribution >= 4 is 21.8 Å². The van der Waals surface area contributed by atoms with Crippen LogP contribution in [0, 0.1) is 0 Å². The van der Waals surface area contributed by atoms with Gasteiger partial charge in [0.25, 0.3) is 5.91 Å². The van der Waals surface area contributed by atoms with Crippen LogP contribution in [0.4, 0.5) is 0 Å². The van der Waals surface area contributed by atoms with E-state index in [9.17, 15) is 4.79 Å². The molecule has 0 aromatic heterocycles. The largest absolute Gasteiger partial charge is 0.349 e. The summed E-state index contributed by atoms with van der Waals surface area (Å²) in [5.74, 6) is 0.0104. The van der Waals surface area contributed by atoms with Gasteiger partial charge in [-0.15, -0.1) is 0 Å². The Morgan fingerprint density at radius 1 is 1.20 bits per heavy atom. The number of amides is 1. The molecule has 3 heteroatoms. The summed E-state index contributed by atoms with van der Waals surface area (Å²) in [6, 6.07) is 7.67. The fraction of sp³-hybridized carbons (Fsp3) is 0.250. The highest BCUT2D eigenvalue weighted by Gasteiger charge is 2.13. The molecule has 1 aromatic rings. The molecule has 78 valence electrons. The van der Waals surface area contributed by atoms with E-state index in [2.05, 4.69) is 33.4 Å². The van der Waals surface area contributed by atoms with E-state index in [1.807, 2.05) is 24.3 Å². The Labute approximate surface area is 97.5 Å². The minimum atomic E-state index is 0.0104. The number of hydrogen-bond donors (Lipinski definition) is 1. The number of halogens is 1. The Morgan fingerprint density at radius 2 is 1.80 bits per heavy atom. The summed E-state index contributed by atoms with van der Waals surface area (Å²) in [6.07, 6.45) is 6.10. The number of nitrogens with one attached hydrogen (secondary N) is 1. The van der Waals surface area contributed by atoms with Gasteiger partial charge in [-0.25, -0.2) is 0 Å². The highest BCUT2D eigenvalue weighted by Crippen LogP contribution is 2.13. The van der Waals surface area contributed by atoms with E-state index in [1.165, 1.54) is 0 Å². The zero-order valence-electron chi connectivity index (χ0n) is 8.24. The lowest BCUT2D eigenvalue weighted by atomic mass is 10.2. The standard InChI is InChI=1S/C12H12BrNO/c13-10-7-5-9(6-8-10)12(15)14-11-3-1-2-4-11/h1-2,5-8,11H,3-4H2,(H,14,15). The molecule has 2 rings (SSSR count). The molecule has 1 amide bonds. The maximum Gasteiger partial charge on any atom is 0.251 e. The van der Waals surface area contributed by atoms with Crippen LogP contribution in [0.5, 0.6) is 0 Å². The van der Waals surface area contributed by atoms with Crippen molar-refractivity contribution in [3.8, 4) is 0 Å². The Kier molecular flexibility index (Phi) is 3.21. The van der Waals surface area contributed by atoms with Gasteiger partial charge in [-0.3, -0.25) is 4.79 Å². The number of carbonyl (C=O) groups is 1. The van der Waals surface area contributed by atoms with E-state index in [0.29, 0.717) is 5.56 Å². The van der Waals surface area contributed by atoms with Crippen LogP contribution in [0.3, 0.4) is 0 Å². The van der Waals surface area contributed by atoms with Gasteiger partial charge in [0.2, 0.25) is 0 Å². The minimum Gasteiger partial charge on any atom is -0.349 e. The lowest BCUT2D eigenvalue weighted by molar-refractivity contribution is 0.0939. The van der Waals surface area contributed by atoms with Gasteiger partial charge in [0.1, 0.15) is 0 Å². The van der Waals surface area contributed by atoms with Crippen LogP contribution >= 0.6 is 15.9 Å². The van der Waals surface area contributed by atoms with Crippen LogP contribution < -0.4 is 5.32 Å². The Balaban J connectivity index is 1.98. The second kappa shape index (κ2) is 4.62. The summed E-state index contributed by atoms with van der Waals surface area (Å²) >= 11 is 3.34. The van der Waals surface area contributed by atoms with Crippen LogP contribution in [0.1, 0.15) is 23.2 Å². The van der Waals surface area contributed by atoms with E-state index < -0.39 is 0 Å². The lowest BCUT2D eigenvalue weighted by Gasteiger charge is -2.11. The molecule has 0 aliphatic heterocycles. The molecule has 0 spiro atoms. The van der Waals surface area contributed by atoms with Crippen molar-refractivity contribution in [2.75, 3.05) is 0 Å². The topological polar surface area (TPSA) is 29.1 Å². The molecule has 0 bridgehead atoms. The molecule has 1 aliphatic rings. The Hall–Kier alpha value is -1.09. The quantitative estimate of drug-likeness (QED) is 0.819. The van der Waals surface area contributed by atoms with Crippen LogP contribution in [0.2, 0.25) is 0 Å². The zero-order valence-corrected chi connectivity index (χ0v) is 9.83. The second-order valence-electron chi connectivity index (χ2n) is 3.62. The fourth-order valence-corrected chi connectivity index (χ4v) is 1.87. The van der Waals surface area contributed by atoms with E-state index in [4.69, 9.17) is 0 Å². The van der Waals surface area contributed by atoms with Crippen LogP contribution in [0.25, 0.3) is 0 Å². The number of benzene rings is 1. The van der Waals surface area contributed by atoms with Crippen molar-refractivity contribution in [3.63, 3.8) is 0 Å². The first-order valence-corrected chi connectivity index (χ1v) is 5.76. The predicted octanol–water partition coefficient (Wildman–Crippen LogP) is 2.90. The maximum atomic E-state index is 11.8. The number of rotatable bonds is 2. The van der Waals surface area contributed by atoms with Gasteiger partial charge in [-0.05, 0) is 37.1 Å².